The van der Waals surface area contributed by atoms with Gasteiger partial charge in [0, 0.05) is 18.2 Å². The van der Waals surface area contributed by atoms with E-state index in [0.717, 1.165) is 55.6 Å². The molecule has 1 N–H and O–H groups in total. The summed E-state index contributed by atoms with van der Waals surface area (Å²) in [6, 6.07) is 4.04. The number of carbonyl (C=O) groups excluding carboxylic acids is 3. The van der Waals surface area contributed by atoms with Gasteiger partial charge in [0.2, 0.25) is 5.91 Å². The van der Waals surface area contributed by atoms with Crippen molar-refractivity contribution in [3.05, 3.63) is 47.3 Å². The van der Waals surface area contributed by atoms with Crippen LogP contribution in [0.2, 0.25) is 0 Å². The van der Waals surface area contributed by atoms with Crippen LogP contribution in [0.5, 0.6) is 0 Å². The summed E-state index contributed by atoms with van der Waals surface area (Å²) in [5.41, 5.74) is -1.88. The van der Waals surface area contributed by atoms with Crippen molar-refractivity contribution in [1.29, 1.82) is 0 Å². The Morgan fingerprint density at radius 1 is 1.18 bits per heavy atom. The number of rotatable bonds is 5. The van der Waals surface area contributed by atoms with Crippen molar-refractivity contribution in [2.24, 2.45) is 0 Å². The lowest BCUT2D eigenvalue weighted by atomic mass is 9.93. The Labute approximate surface area is 196 Å². The largest absolute Gasteiger partial charge is 0.461 e. The molecule has 34 heavy (non-hydrogen) atoms. The van der Waals surface area contributed by atoms with E-state index in [0.29, 0.717) is 6.07 Å². The fourth-order valence-corrected chi connectivity index (χ4v) is 4.69. The van der Waals surface area contributed by atoms with Crippen molar-refractivity contribution in [1.82, 2.24) is 15.1 Å². The van der Waals surface area contributed by atoms with Crippen molar-refractivity contribution in [2.75, 3.05) is 11.5 Å². The van der Waals surface area contributed by atoms with E-state index in [-0.39, 0.29) is 36.3 Å². The minimum absolute atomic E-state index is 0.00604. The summed E-state index contributed by atoms with van der Waals surface area (Å²) in [5, 5.41) is 7.22. The topological polar surface area (TPSA) is 93.5 Å². The normalized spacial score (nSPS) is 21.1. The highest BCUT2D eigenvalue weighted by molar-refractivity contribution is 6.12. The van der Waals surface area contributed by atoms with Gasteiger partial charge in [0.05, 0.1) is 18.8 Å². The molecule has 0 spiro atoms. The molecule has 1 aromatic heterocycles. The second-order valence-corrected chi connectivity index (χ2v) is 8.97. The maximum Gasteiger partial charge on any atom is 0.358 e. The molecule has 4 rings (SSSR count). The molecule has 1 aliphatic carbocycles. The molecular weight excluding hydrogens is 446 g/mol. The monoisotopic (exact) mass is 474 g/mol. The average molecular weight is 475 g/mol. The molecule has 2 aliphatic rings. The third-order valence-electron chi connectivity index (χ3n) is 6.47. The van der Waals surface area contributed by atoms with E-state index in [1.165, 1.54) is 17.7 Å². The van der Waals surface area contributed by atoms with E-state index in [2.05, 4.69) is 10.4 Å². The minimum atomic E-state index is -1.58. The molecule has 0 bridgehead atoms. The highest BCUT2D eigenvalue weighted by Gasteiger charge is 2.50. The highest BCUT2D eigenvalue weighted by atomic mass is 19.1. The van der Waals surface area contributed by atoms with Gasteiger partial charge in [-0.1, -0.05) is 25.7 Å². The van der Waals surface area contributed by atoms with Crippen LogP contribution in [-0.4, -0.2) is 45.8 Å². The molecular formula is C24H28F2N4O4. The van der Waals surface area contributed by atoms with Crippen molar-refractivity contribution >= 4 is 23.5 Å². The van der Waals surface area contributed by atoms with E-state index in [1.54, 1.807) is 6.92 Å². The number of fused-ring (bicyclic) bond motifs is 1. The van der Waals surface area contributed by atoms with Crippen molar-refractivity contribution in [3.8, 4) is 0 Å². The van der Waals surface area contributed by atoms with E-state index in [9.17, 15) is 23.2 Å². The van der Waals surface area contributed by atoms with Crippen LogP contribution >= 0.6 is 0 Å². The Hall–Kier alpha value is -3.30. The van der Waals surface area contributed by atoms with Gasteiger partial charge in [0.1, 0.15) is 22.9 Å². The molecule has 1 saturated carbocycles. The second kappa shape index (κ2) is 9.52. The second-order valence-electron chi connectivity index (χ2n) is 8.97. The molecule has 0 unspecified atom stereocenters. The number of halogens is 2. The number of nitrogens with one attached hydrogen (secondary N) is 1. The Morgan fingerprint density at radius 3 is 2.53 bits per heavy atom. The number of anilines is 1. The van der Waals surface area contributed by atoms with Gasteiger partial charge in [-0.25, -0.2) is 13.6 Å². The molecule has 10 heteroatoms. The summed E-state index contributed by atoms with van der Waals surface area (Å²) in [6.45, 7) is 3.17. The smallest absolute Gasteiger partial charge is 0.358 e. The van der Waals surface area contributed by atoms with Crippen molar-refractivity contribution < 1.29 is 27.9 Å². The number of aromatic nitrogens is 2. The van der Waals surface area contributed by atoms with Gasteiger partial charge < -0.3 is 10.1 Å². The number of amides is 2. The zero-order chi connectivity index (χ0) is 24.5. The van der Waals surface area contributed by atoms with Gasteiger partial charge in [-0.3, -0.25) is 19.2 Å². The van der Waals surface area contributed by atoms with Crippen LogP contribution < -0.4 is 10.2 Å². The molecule has 1 atom stereocenters. The Balaban J connectivity index is 1.76. The van der Waals surface area contributed by atoms with Crippen molar-refractivity contribution in [3.63, 3.8) is 0 Å². The molecule has 1 fully saturated rings. The number of esters is 1. The summed E-state index contributed by atoms with van der Waals surface area (Å²) in [4.78, 5) is 40.5. The van der Waals surface area contributed by atoms with Crippen LogP contribution in [0.4, 0.5) is 14.5 Å². The van der Waals surface area contributed by atoms with Crippen LogP contribution in [0, 0.1) is 11.6 Å². The maximum absolute atomic E-state index is 14.9. The summed E-state index contributed by atoms with van der Waals surface area (Å²) in [7, 11) is 0. The van der Waals surface area contributed by atoms with Gasteiger partial charge in [0.15, 0.2) is 5.69 Å². The van der Waals surface area contributed by atoms with E-state index < -0.39 is 35.0 Å². The van der Waals surface area contributed by atoms with Gasteiger partial charge in [-0.05, 0) is 38.8 Å². The fraction of sp³-hybridized carbons (Fsp3) is 0.500. The highest BCUT2D eigenvalue weighted by Crippen LogP contribution is 2.35. The number of benzene rings is 1. The summed E-state index contributed by atoms with van der Waals surface area (Å²) < 4.78 is 34.8. The third kappa shape index (κ3) is 4.41. The van der Waals surface area contributed by atoms with Gasteiger partial charge >= 0.3 is 5.97 Å². The molecule has 2 heterocycles. The number of hydrogen-bond acceptors (Lipinski definition) is 5. The SMILES string of the molecule is CCOC(=O)c1cc2n(n1)C[C@](C)(C(=O)NC1CCCCCC1)N(c1ccc(F)cc1F)C2=O. The quantitative estimate of drug-likeness (QED) is 0.528. The lowest BCUT2D eigenvalue weighted by molar-refractivity contribution is -0.127. The number of carbonyl (C=O) groups is 3. The van der Waals surface area contributed by atoms with Crippen LogP contribution in [-0.2, 0) is 16.1 Å². The number of hydrogen-bond donors (Lipinski definition) is 1. The van der Waals surface area contributed by atoms with Gasteiger partial charge in [0.25, 0.3) is 5.91 Å². The Kier molecular flexibility index (Phi) is 6.67. The van der Waals surface area contributed by atoms with Gasteiger partial charge in [-0.15, -0.1) is 0 Å². The minimum Gasteiger partial charge on any atom is -0.461 e. The zero-order valence-corrected chi connectivity index (χ0v) is 19.3. The van der Waals surface area contributed by atoms with E-state index >= 15 is 0 Å². The fourth-order valence-electron chi connectivity index (χ4n) is 4.69. The van der Waals surface area contributed by atoms with E-state index in [1.807, 2.05) is 0 Å². The predicted molar refractivity (Wildman–Crippen MR) is 119 cm³/mol. The average Bonchev–Trinajstić information content (AvgIpc) is 3.04. The summed E-state index contributed by atoms with van der Waals surface area (Å²) >= 11 is 0. The van der Waals surface area contributed by atoms with E-state index in [4.69, 9.17) is 4.74 Å². The predicted octanol–water partition coefficient (Wildman–Crippen LogP) is 3.60. The molecule has 2 amide bonds. The Morgan fingerprint density at radius 2 is 1.88 bits per heavy atom. The lowest BCUT2D eigenvalue weighted by Gasteiger charge is -2.43. The summed E-state index contributed by atoms with van der Waals surface area (Å²) in [5.74, 6) is -3.67. The first-order valence-corrected chi connectivity index (χ1v) is 11.6. The zero-order valence-electron chi connectivity index (χ0n) is 19.3. The molecule has 1 aliphatic heterocycles. The van der Waals surface area contributed by atoms with Gasteiger partial charge in [-0.2, -0.15) is 5.10 Å². The molecule has 8 nitrogen and oxygen atoms in total. The molecule has 2 aromatic rings. The lowest BCUT2D eigenvalue weighted by Crippen LogP contribution is -2.65. The first kappa shape index (κ1) is 23.8. The third-order valence-corrected chi connectivity index (χ3v) is 6.47. The van der Waals surface area contributed by atoms with Crippen LogP contribution in [0.15, 0.2) is 24.3 Å². The number of ether oxygens (including phenoxy) is 1. The first-order valence-electron chi connectivity index (χ1n) is 11.6. The first-order chi connectivity index (χ1) is 16.2. The van der Waals surface area contributed by atoms with Crippen molar-refractivity contribution in [2.45, 2.75) is 70.5 Å². The molecule has 182 valence electrons. The van der Waals surface area contributed by atoms with Crippen LogP contribution in [0.25, 0.3) is 0 Å². The molecule has 0 saturated heterocycles. The van der Waals surface area contributed by atoms with Crippen LogP contribution in [0.1, 0.15) is 73.3 Å². The number of nitrogens with zero attached hydrogens (tertiary/aromatic N) is 3. The molecule has 0 radical (unpaired) electrons. The maximum atomic E-state index is 14.9. The summed E-state index contributed by atoms with van der Waals surface area (Å²) in [6.07, 6.45) is 5.82. The molecule has 1 aromatic carbocycles. The van der Waals surface area contributed by atoms with Crippen LogP contribution in [0.3, 0.4) is 0 Å². The standard InChI is InChI=1S/C24H28F2N4O4/c1-3-34-22(32)18-13-20-21(31)30(19-11-10-15(25)12-17(19)26)24(2,14-29(20)28-18)23(33)27-16-8-6-4-5-7-9-16/h10-13,16H,3-9,14H2,1-2H3,(H,27,33)/t24-/m1/s1. The Bertz CT molecular complexity index is 1110.